The largest absolute Gasteiger partial charge is 0.383 e. The van der Waals surface area contributed by atoms with Crippen LogP contribution >= 0.6 is 0 Å². The van der Waals surface area contributed by atoms with E-state index in [9.17, 15) is 9.18 Å². The first-order chi connectivity index (χ1) is 11.2. The first kappa shape index (κ1) is 17.9. The fourth-order valence-electron chi connectivity index (χ4n) is 3.16. The van der Waals surface area contributed by atoms with Gasteiger partial charge in [0.2, 0.25) is 5.91 Å². The molecule has 0 aromatic heterocycles. The van der Waals surface area contributed by atoms with Crippen LogP contribution in [0.5, 0.6) is 0 Å². The number of methoxy groups -OCH3 is 1. The van der Waals surface area contributed by atoms with Crippen molar-refractivity contribution in [2.75, 3.05) is 33.4 Å². The average molecular weight is 322 g/mol. The molecule has 23 heavy (non-hydrogen) atoms. The molecule has 0 saturated carbocycles. The van der Waals surface area contributed by atoms with E-state index in [2.05, 4.69) is 11.8 Å². The van der Waals surface area contributed by atoms with E-state index < -0.39 is 0 Å². The summed E-state index contributed by atoms with van der Waals surface area (Å²) in [6, 6.07) is 6.56. The van der Waals surface area contributed by atoms with Crippen LogP contribution in [0.1, 0.15) is 31.7 Å². The molecule has 0 radical (unpaired) electrons. The minimum Gasteiger partial charge on any atom is -0.383 e. The lowest BCUT2D eigenvalue weighted by atomic mass is 10.0. The molecule has 1 aromatic carbocycles. The van der Waals surface area contributed by atoms with Crippen LogP contribution in [0.2, 0.25) is 0 Å². The zero-order valence-corrected chi connectivity index (χ0v) is 14.1. The van der Waals surface area contributed by atoms with E-state index in [1.165, 1.54) is 6.07 Å². The van der Waals surface area contributed by atoms with Crippen molar-refractivity contribution in [2.45, 2.75) is 38.8 Å². The summed E-state index contributed by atoms with van der Waals surface area (Å²) < 4.78 is 19.1. The molecular weight excluding hydrogens is 295 g/mol. The Kier molecular flexibility index (Phi) is 6.99. The number of likely N-dealkylation sites (tertiary alicyclic amines) is 1. The number of likely N-dealkylation sites (N-methyl/N-ethyl adjacent to an activating group) is 1. The van der Waals surface area contributed by atoms with Crippen molar-refractivity contribution in [2.24, 2.45) is 0 Å². The van der Waals surface area contributed by atoms with Gasteiger partial charge in [0.15, 0.2) is 0 Å². The van der Waals surface area contributed by atoms with Crippen LogP contribution in [-0.4, -0.2) is 55.1 Å². The van der Waals surface area contributed by atoms with Gasteiger partial charge in [-0.2, -0.15) is 0 Å². The molecule has 0 N–H and O–H groups in total. The van der Waals surface area contributed by atoms with Gasteiger partial charge < -0.3 is 9.64 Å². The van der Waals surface area contributed by atoms with Crippen LogP contribution in [0.4, 0.5) is 4.39 Å². The third-order valence-corrected chi connectivity index (χ3v) is 4.50. The van der Waals surface area contributed by atoms with Crippen molar-refractivity contribution in [1.82, 2.24) is 9.80 Å². The van der Waals surface area contributed by atoms with Crippen molar-refractivity contribution in [1.29, 1.82) is 0 Å². The number of hydrogen-bond acceptors (Lipinski definition) is 3. The van der Waals surface area contributed by atoms with Gasteiger partial charge in [0.1, 0.15) is 5.82 Å². The van der Waals surface area contributed by atoms with E-state index in [1.54, 1.807) is 30.2 Å². The van der Waals surface area contributed by atoms with Crippen molar-refractivity contribution < 1.29 is 13.9 Å². The summed E-state index contributed by atoms with van der Waals surface area (Å²) in [5.74, 6) is -0.175. The first-order valence-corrected chi connectivity index (χ1v) is 8.42. The second-order valence-electron chi connectivity index (χ2n) is 5.98. The van der Waals surface area contributed by atoms with E-state index in [-0.39, 0.29) is 17.8 Å². The fourth-order valence-corrected chi connectivity index (χ4v) is 3.16. The number of nitrogens with zero attached hydrogens (tertiary/aromatic N) is 2. The number of amides is 1. The molecule has 4 nitrogen and oxygen atoms in total. The molecule has 1 heterocycles. The van der Waals surface area contributed by atoms with E-state index >= 15 is 0 Å². The topological polar surface area (TPSA) is 32.8 Å². The number of ether oxygens (including phenoxy) is 1. The predicted molar refractivity (Wildman–Crippen MR) is 88.6 cm³/mol. The van der Waals surface area contributed by atoms with Crippen molar-refractivity contribution in [3.8, 4) is 0 Å². The SMILES string of the molecule is CCN1CCCC[C@@H]1C(=O)N(CCOC)Cc1ccccc1F. The van der Waals surface area contributed by atoms with Crippen LogP contribution in [0, 0.1) is 5.82 Å². The highest BCUT2D eigenvalue weighted by Crippen LogP contribution is 2.20. The van der Waals surface area contributed by atoms with Gasteiger partial charge >= 0.3 is 0 Å². The molecule has 0 aliphatic carbocycles. The van der Waals surface area contributed by atoms with Gasteiger partial charge in [0, 0.05) is 25.8 Å². The summed E-state index contributed by atoms with van der Waals surface area (Å²) in [7, 11) is 1.62. The highest BCUT2D eigenvalue weighted by atomic mass is 19.1. The minimum atomic E-state index is -0.265. The molecule has 1 aliphatic heterocycles. The normalized spacial score (nSPS) is 18.8. The number of benzene rings is 1. The van der Waals surface area contributed by atoms with Gasteiger partial charge in [-0.05, 0) is 32.0 Å². The van der Waals surface area contributed by atoms with Gasteiger partial charge in [-0.1, -0.05) is 31.5 Å². The number of halogens is 1. The molecule has 1 atom stereocenters. The van der Waals surface area contributed by atoms with Gasteiger partial charge in [0.05, 0.1) is 12.6 Å². The van der Waals surface area contributed by atoms with Crippen molar-refractivity contribution >= 4 is 5.91 Å². The van der Waals surface area contributed by atoms with Crippen molar-refractivity contribution in [3.63, 3.8) is 0 Å². The summed E-state index contributed by atoms with van der Waals surface area (Å²) in [5.41, 5.74) is 0.552. The summed E-state index contributed by atoms with van der Waals surface area (Å²) >= 11 is 0. The zero-order valence-electron chi connectivity index (χ0n) is 14.1. The summed E-state index contributed by atoms with van der Waals surface area (Å²) in [5, 5.41) is 0. The molecule has 1 aromatic rings. The molecule has 1 aliphatic rings. The molecule has 0 spiro atoms. The Hall–Kier alpha value is -1.46. The standard InChI is InChI=1S/C18H27FN2O2/c1-3-20-11-7-6-10-17(20)18(22)21(12-13-23-2)14-15-8-4-5-9-16(15)19/h4-5,8-9,17H,3,6-7,10-14H2,1-2H3/t17-/m1/s1. The van der Waals surface area contributed by atoms with Crippen LogP contribution in [0.3, 0.4) is 0 Å². The second kappa shape index (κ2) is 8.99. The minimum absolute atomic E-state index is 0.0858. The Morgan fingerprint density at radius 1 is 1.39 bits per heavy atom. The van der Waals surface area contributed by atoms with Crippen LogP contribution < -0.4 is 0 Å². The Bertz CT molecular complexity index is 510. The van der Waals surface area contributed by atoms with Gasteiger partial charge in [0.25, 0.3) is 0 Å². The molecule has 0 unspecified atom stereocenters. The van der Waals surface area contributed by atoms with Crippen LogP contribution in [0.15, 0.2) is 24.3 Å². The predicted octanol–water partition coefficient (Wildman–Crippen LogP) is 2.68. The van der Waals surface area contributed by atoms with Gasteiger partial charge in [-0.25, -0.2) is 4.39 Å². The molecule has 1 fully saturated rings. The third-order valence-electron chi connectivity index (χ3n) is 4.50. The maximum Gasteiger partial charge on any atom is 0.240 e. The Morgan fingerprint density at radius 3 is 2.87 bits per heavy atom. The maximum absolute atomic E-state index is 13.9. The second-order valence-corrected chi connectivity index (χ2v) is 5.98. The highest BCUT2D eigenvalue weighted by Gasteiger charge is 2.31. The smallest absolute Gasteiger partial charge is 0.240 e. The maximum atomic E-state index is 13.9. The van der Waals surface area contributed by atoms with Gasteiger partial charge in [-0.3, -0.25) is 9.69 Å². The molecule has 1 saturated heterocycles. The molecule has 128 valence electrons. The molecule has 1 amide bonds. The summed E-state index contributed by atoms with van der Waals surface area (Å²) in [6.45, 7) is 5.15. The Morgan fingerprint density at radius 2 is 2.17 bits per heavy atom. The number of carbonyl (C=O) groups is 1. The molecular formula is C18H27FN2O2. The molecule has 2 rings (SSSR count). The molecule has 5 heteroatoms. The van der Waals surface area contributed by atoms with E-state index in [0.717, 1.165) is 32.4 Å². The summed E-state index contributed by atoms with van der Waals surface area (Å²) in [4.78, 5) is 17.0. The number of rotatable bonds is 7. The zero-order chi connectivity index (χ0) is 16.7. The monoisotopic (exact) mass is 322 g/mol. The van der Waals surface area contributed by atoms with E-state index in [4.69, 9.17) is 4.74 Å². The van der Waals surface area contributed by atoms with Gasteiger partial charge in [-0.15, -0.1) is 0 Å². The number of piperidine rings is 1. The quantitative estimate of drug-likeness (QED) is 0.774. The number of carbonyl (C=O) groups excluding carboxylic acids is 1. The Balaban J connectivity index is 2.13. The fraction of sp³-hybridized carbons (Fsp3) is 0.611. The van der Waals surface area contributed by atoms with E-state index in [1.807, 2.05) is 0 Å². The highest BCUT2D eigenvalue weighted by molar-refractivity contribution is 5.82. The lowest BCUT2D eigenvalue weighted by Crippen LogP contribution is -2.51. The average Bonchev–Trinajstić information content (AvgIpc) is 2.59. The summed E-state index contributed by atoms with van der Waals surface area (Å²) in [6.07, 6.45) is 3.10. The lowest BCUT2D eigenvalue weighted by molar-refractivity contribution is -0.139. The van der Waals surface area contributed by atoms with Crippen LogP contribution in [-0.2, 0) is 16.1 Å². The van der Waals surface area contributed by atoms with Crippen molar-refractivity contribution in [3.05, 3.63) is 35.6 Å². The Labute approximate surface area is 138 Å². The first-order valence-electron chi connectivity index (χ1n) is 8.42. The lowest BCUT2D eigenvalue weighted by Gasteiger charge is -2.37. The number of hydrogen-bond donors (Lipinski definition) is 0. The third kappa shape index (κ3) is 4.75. The van der Waals surface area contributed by atoms with Crippen LogP contribution in [0.25, 0.3) is 0 Å². The molecule has 0 bridgehead atoms. The van der Waals surface area contributed by atoms with E-state index in [0.29, 0.717) is 25.3 Å².